The van der Waals surface area contributed by atoms with Crippen molar-refractivity contribution < 1.29 is 4.39 Å². The number of halogens is 1. The van der Waals surface area contributed by atoms with Gasteiger partial charge in [0, 0.05) is 30.5 Å². The van der Waals surface area contributed by atoms with Gasteiger partial charge in [-0.1, -0.05) is 12.1 Å². The minimum Gasteiger partial charge on any atom is -0.350 e. The van der Waals surface area contributed by atoms with Gasteiger partial charge in [0.05, 0.1) is 0 Å². The van der Waals surface area contributed by atoms with Gasteiger partial charge in [-0.25, -0.2) is 14.4 Å². The predicted molar refractivity (Wildman–Crippen MR) is 77.9 cm³/mol. The van der Waals surface area contributed by atoms with Crippen molar-refractivity contribution in [1.82, 2.24) is 14.9 Å². The Morgan fingerprint density at radius 1 is 1.25 bits per heavy atom. The standard InChI is InChI=1S/C15H19FN4/c1-11-6-7-17-15(19-11)18-9-12-4-5-13(10-20(2)3)14(16)8-12/h4-8H,9-10H2,1-3H3,(H,17,18,19). The topological polar surface area (TPSA) is 41.1 Å². The number of nitrogens with one attached hydrogen (secondary N) is 1. The Hall–Kier alpha value is -2.01. The van der Waals surface area contributed by atoms with Crippen molar-refractivity contribution in [3.63, 3.8) is 0 Å². The summed E-state index contributed by atoms with van der Waals surface area (Å²) in [7, 11) is 3.84. The molecule has 0 aliphatic rings. The quantitative estimate of drug-likeness (QED) is 0.910. The molecule has 0 saturated carbocycles. The van der Waals surface area contributed by atoms with E-state index in [9.17, 15) is 4.39 Å². The number of rotatable bonds is 5. The molecule has 0 unspecified atom stereocenters. The second-order valence-corrected chi connectivity index (χ2v) is 5.04. The van der Waals surface area contributed by atoms with Crippen LogP contribution in [0.4, 0.5) is 10.3 Å². The molecule has 20 heavy (non-hydrogen) atoms. The maximum atomic E-state index is 13.9. The smallest absolute Gasteiger partial charge is 0.223 e. The molecule has 0 aliphatic carbocycles. The predicted octanol–water partition coefficient (Wildman–Crippen LogP) is 2.60. The van der Waals surface area contributed by atoms with Crippen LogP contribution in [0.3, 0.4) is 0 Å². The summed E-state index contributed by atoms with van der Waals surface area (Å²) < 4.78 is 13.9. The minimum atomic E-state index is -0.178. The van der Waals surface area contributed by atoms with Gasteiger partial charge in [0.25, 0.3) is 0 Å². The summed E-state index contributed by atoms with van der Waals surface area (Å²) >= 11 is 0. The van der Waals surface area contributed by atoms with E-state index in [-0.39, 0.29) is 5.82 Å². The van der Waals surface area contributed by atoms with Gasteiger partial charge in [-0.2, -0.15) is 0 Å². The average molecular weight is 274 g/mol. The van der Waals surface area contributed by atoms with Gasteiger partial charge in [0.2, 0.25) is 5.95 Å². The van der Waals surface area contributed by atoms with E-state index < -0.39 is 0 Å². The number of hydrogen-bond acceptors (Lipinski definition) is 4. The monoisotopic (exact) mass is 274 g/mol. The zero-order valence-electron chi connectivity index (χ0n) is 12.0. The highest BCUT2D eigenvalue weighted by molar-refractivity contribution is 5.30. The fourth-order valence-electron chi connectivity index (χ4n) is 1.88. The lowest BCUT2D eigenvalue weighted by Gasteiger charge is -2.12. The third kappa shape index (κ3) is 3.99. The van der Waals surface area contributed by atoms with Crippen LogP contribution in [0.2, 0.25) is 0 Å². The van der Waals surface area contributed by atoms with Crippen molar-refractivity contribution in [1.29, 1.82) is 0 Å². The Kier molecular flexibility index (Phi) is 4.63. The number of anilines is 1. The van der Waals surface area contributed by atoms with E-state index in [0.29, 0.717) is 24.6 Å². The van der Waals surface area contributed by atoms with Gasteiger partial charge in [0.1, 0.15) is 5.82 Å². The summed E-state index contributed by atoms with van der Waals surface area (Å²) in [6.07, 6.45) is 1.70. The average Bonchev–Trinajstić information content (AvgIpc) is 2.39. The Balaban J connectivity index is 2.02. The molecule has 4 nitrogen and oxygen atoms in total. The Morgan fingerprint density at radius 3 is 2.70 bits per heavy atom. The van der Waals surface area contributed by atoms with Crippen molar-refractivity contribution >= 4 is 5.95 Å². The summed E-state index contributed by atoms with van der Waals surface area (Å²) in [6.45, 7) is 3.01. The molecule has 1 heterocycles. The van der Waals surface area contributed by atoms with Crippen LogP contribution in [0.15, 0.2) is 30.5 Å². The zero-order chi connectivity index (χ0) is 14.5. The summed E-state index contributed by atoms with van der Waals surface area (Å²) in [5.74, 6) is 0.380. The molecule has 106 valence electrons. The SMILES string of the molecule is Cc1ccnc(NCc2ccc(CN(C)C)c(F)c2)n1. The lowest BCUT2D eigenvalue weighted by molar-refractivity contribution is 0.392. The van der Waals surface area contributed by atoms with Crippen molar-refractivity contribution in [2.75, 3.05) is 19.4 Å². The van der Waals surface area contributed by atoms with E-state index in [1.165, 1.54) is 0 Å². The Labute approximate surface area is 118 Å². The molecule has 2 rings (SSSR count). The molecule has 5 heteroatoms. The molecule has 1 N–H and O–H groups in total. The van der Waals surface area contributed by atoms with Gasteiger partial charge < -0.3 is 10.2 Å². The molecule has 0 amide bonds. The Bertz CT molecular complexity index is 584. The molecule has 0 spiro atoms. The first-order valence-electron chi connectivity index (χ1n) is 6.50. The molecule has 1 aromatic heterocycles. The lowest BCUT2D eigenvalue weighted by atomic mass is 10.1. The summed E-state index contributed by atoms with van der Waals surface area (Å²) in [5.41, 5.74) is 2.47. The second-order valence-electron chi connectivity index (χ2n) is 5.04. The van der Waals surface area contributed by atoms with Gasteiger partial charge in [-0.3, -0.25) is 0 Å². The number of aromatic nitrogens is 2. The van der Waals surface area contributed by atoms with Gasteiger partial charge >= 0.3 is 0 Å². The molecule has 0 aliphatic heterocycles. The second kappa shape index (κ2) is 6.43. The number of benzene rings is 1. The Morgan fingerprint density at radius 2 is 2.05 bits per heavy atom. The molecular weight excluding hydrogens is 255 g/mol. The molecule has 0 atom stereocenters. The fraction of sp³-hybridized carbons (Fsp3) is 0.333. The van der Waals surface area contributed by atoms with Crippen LogP contribution in [0, 0.1) is 12.7 Å². The lowest BCUT2D eigenvalue weighted by Crippen LogP contribution is -2.12. The van der Waals surface area contributed by atoms with Gasteiger partial charge in [-0.15, -0.1) is 0 Å². The van der Waals surface area contributed by atoms with E-state index in [0.717, 1.165) is 11.3 Å². The van der Waals surface area contributed by atoms with E-state index in [1.807, 2.05) is 44.1 Å². The van der Waals surface area contributed by atoms with Crippen molar-refractivity contribution in [2.24, 2.45) is 0 Å². The molecule has 0 bridgehead atoms. The zero-order valence-corrected chi connectivity index (χ0v) is 12.0. The van der Waals surface area contributed by atoms with Gasteiger partial charge in [-0.05, 0) is 38.7 Å². The molecule has 2 aromatic rings. The van der Waals surface area contributed by atoms with Crippen molar-refractivity contribution in [2.45, 2.75) is 20.0 Å². The van der Waals surface area contributed by atoms with E-state index >= 15 is 0 Å². The first-order chi connectivity index (χ1) is 9.54. The third-order valence-electron chi connectivity index (χ3n) is 2.85. The fourth-order valence-corrected chi connectivity index (χ4v) is 1.88. The molecule has 0 saturated heterocycles. The maximum Gasteiger partial charge on any atom is 0.223 e. The van der Waals surface area contributed by atoms with Crippen LogP contribution < -0.4 is 5.32 Å². The van der Waals surface area contributed by atoms with Crippen LogP contribution in [0.5, 0.6) is 0 Å². The van der Waals surface area contributed by atoms with Crippen molar-refractivity contribution in [3.05, 3.63) is 53.1 Å². The van der Waals surface area contributed by atoms with Crippen LogP contribution in [-0.4, -0.2) is 29.0 Å². The molecule has 1 aromatic carbocycles. The van der Waals surface area contributed by atoms with E-state index in [1.54, 1.807) is 12.3 Å². The highest BCUT2D eigenvalue weighted by atomic mass is 19.1. The maximum absolute atomic E-state index is 13.9. The van der Waals surface area contributed by atoms with Crippen LogP contribution in [0.25, 0.3) is 0 Å². The van der Waals surface area contributed by atoms with Crippen molar-refractivity contribution in [3.8, 4) is 0 Å². The van der Waals surface area contributed by atoms with Crippen LogP contribution >= 0.6 is 0 Å². The third-order valence-corrected chi connectivity index (χ3v) is 2.85. The highest BCUT2D eigenvalue weighted by Gasteiger charge is 2.05. The molecular formula is C15H19FN4. The van der Waals surface area contributed by atoms with Crippen LogP contribution in [-0.2, 0) is 13.1 Å². The number of hydrogen-bond donors (Lipinski definition) is 1. The minimum absolute atomic E-state index is 0.178. The molecule has 0 radical (unpaired) electrons. The summed E-state index contributed by atoms with van der Waals surface area (Å²) in [6, 6.07) is 7.14. The van der Waals surface area contributed by atoms with E-state index in [2.05, 4.69) is 15.3 Å². The molecule has 0 fully saturated rings. The highest BCUT2D eigenvalue weighted by Crippen LogP contribution is 2.13. The van der Waals surface area contributed by atoms with Gasteiger partial charge in [0.15, 0.2) is 0 Å². The normalized spacial score (nSPS) is 10.8. The number of nitrogens with zero attached hydrogens (tertiary/aromatic N) is 3. The first kappa shape index (κ1) is 14.4. The summed E-state index contributed by atoms with van der Waals surface area (Å²) in [5, 5.41) is 3.09. The van der Waals surface area contributed by atoms with E-state index in [4.69, 9.17) is 0 Å². The largest absolute Gasteiger partial charge is 0.350 e. The van der Waals surface area contributed by atoms with Crippen LogP contribution in [0.1, 0.15) is 16.8 Å². The number of aryl methyl sites for hydroxylation is 1. The summed E-state index contributed by atoms with van der Waals surface area (Å²) in [4.78, 5) is 10.3. The first-order valence-corrected chi connectivity index (χ1v) is 6.50.